The van der Waals surface area contributed by atoms with Gasteiger partial charge in [0.15, 0.2) is 11.5 Å². The third-order valence-corrected chi connectivity index (χ3v) is 5.31. The molecule has 1 aliphatic rings. The first-order valence-corrected chi connectivity index (χ1v) is 9.98. The molecular formula is C24H27NO3. The second-order valence-corrected chi connectivity index (χ2v) is 6.90. The van der Waals surface area contributed by atoms with Crippen LogP contribution in [0.5, 0.6) is 17.2 Å². The molecule has 4 heteroatoms. The molecule has 1 atom stereocenters. The highest BCUT2D eigenvalue weighted by Gasteiger charge is 2.26. The van der Waals surface area contributed by atoms with Crippen LogP contribution < -0.4 is 19.5 Å². The van der Waals surface area contributed by atoms with Gasteiger partial charge in [0.25, 0.3) is 0 Å². The summed E-state index contributed by atoms with van der Waals surface area (Å²) in [6.07, 6.45) is 0.979. The molecule has 0 amide bonds. The van der Waals surface area contributed by atoms with Gasteiger partial charge in [0.2, 0.25) is 0 Å². The standard InChI is InChI=1S/C24H27NO3/c1-4-27-22-14-16-12-13-25-24(20(16)15-23(22)28-5-2)19-10-11-21(26-3)18-9-7-6-8-17(18)19/h6-11,14-15,24-25H,4-5,12-13H2,1-3H3. The third-order valence-electron chi connectivity index (χ3n) is 5.31. The second-order valence-electron chi connectivity index (χ2n) is 6.90. The lowest BCUT2D eigenvalue weighted by Gasteiger charge is -2.30. The van der Waals surface area contributed by atoms with Crippen molar-refractivity contribution in [2.75, 3.05) is 26.9 Å². The van der Waals surface area contributed by atoms with E-state index in [1.807, 2.05) is 13.8 Å². The summed E-state index contributed by atoms with van der Waals surface area (Å²) < 4.78 is 17.3. The number of benzene rings is 3. The van der Waals surface area contributed by atoms with E-state index in [0.717, 1.165) is 35.6 Å². The Labute approximate surface area is 166 Å². The van der Waals surface area contributed by atoms with Crippen LogP contribution in [0.4, 0.5) is 0 Å². The van der Waals surface area contributed by atoms with Crippen molar-refractivity contribution in [1.82, 2.24) is 5.32 Å². The largest absolute Gasteiger partial charge is 0.496 e. The van der Waals surface area contributed by atoms with Gasteiger partial charge in [0, 0.05) is 11.9 Å². The van der Waals surface area contributed by atoms with E-state index in [1.165, 1.54) is 22.1 Å². The average molecular weight is 377 g/mol. The summed E-state index contributed by atoms with van der Waals surface area (Å²) in [5.74, 6) is 2.55. The number of fused-ring (bicyclic) bond motifs is 2. The summed E-state index contributed by atoms with van der Waals surface area (Å²) in [7, 11) is 1.72. The molecule has 3 aromatic rings. The van der Waals surface area contributed by atoms with Crippen LogP contribution in [-0.4, -0.2) is 26.9 Å². The number of hydrogen-bond donors (Lipinski definition) is 1. The fourth-order valence-corrected chi connectivity index (χ4v) is 4.10. The Morgan fingerprint density at radius 3 is 2.29 bits per heavy atom. The maximum atomic E-state index is 5.89. The molecule has 1 aliphatic heterocycles. The molecule has 4 rings (SSSR count). The number of methoxy groups -OCH3 is 1. The van der Waals surface area contributed by atoms with Crippen molar-refractivity contribution >= 4 is 10.8 Å². The lowest BCUT2D eigenvalue weighted by Crippen LogP contribution is -2.30. The highest BCUT2D eigenvalue weighted by Crippen LogP contribution is 2.40. The maximum absolute atomic E-state index is 5.89. The first kappa shape index (κ1) is 18.6. The predicted molar refractivity (Wildman–Crippen MR) is 113 cm³/mol. The van der Waals surface area contributed by atoms with Crippen molar-refractivity contribution in [3.8, 4) is 17.2 Å². The fourth-order valence-electron chi connectivity index (χ4n) is 4.10. The molecule has 4 nitrogen and oxygen atoms in total. The predicted octanol–water partition coefficient (Wildman–Crippen LogP) is 4.88. The van der Waals surface area contributed by atoms with Gasteiger partial charge in [-0.3, -0.25) is 0 Å². The number of rotatable bonds is 6. The molecule has 1 N–H and O–H groups in total. The van der Waals surface area contributed by atoms with E-state index in [9.17, 15) is 0 Å². The summed E-state index contributed by atoms with van der Waals surface area (Å²) in [5.41, 5.74) is 3.83. The van der Waals surface area contributed by atoms with Crippen LogP contribution in [0.15, 0.2) is 48.5 Å². The summed E-state index contributed by atoms with van der Waals surface area (Å²) in [6, 6.07) is 17.1. The molecular weight excluding hydrogens is 350 g/mol. The van der Waals surface area contributed by atoms with Crippen molar-refractivity contribution in [2.45, 2.75) is 26.3 Å². The van der Waals surface area contributed by atoms with E-state index in [-0.39, 0.29) is 6.04 Å². The highest BCUT2D eigenvalue weighted by molar-refractivity contribution is 5.91. The Morgan fingerprint density at radius 1 is 0.857 bits per heavy atom. The van der Waals surface area contributed by atoms with Crippen molar-refractivity contribution in [3.63, 3.8) is 0 Å². The van der Waals surface area contributed by atoms with Gasteiger partial charge in [-0.25, -0.2) is 0 Å². The van der Waals surface area contributed by atoms with E-state index in [2.05, 4.69) is 53.8 Å². The molecule has 146 valence electrons. The minimum absolute atomic E-state index is 0.106. The molecule has 1 unspecified atom stereocenters. The Morgan fingerprint density at radius 2 is 1.57 bits per heavy atom. The van der Waals surface area contributed by atoms with Crippen LogP contribution in [0.3, 0.4) is 0 Å². The van der Waals surface area contributed by atoms with Gasteiger partial charge in [0.05, 0.1) is 26.4 Å². The smallest absolute Gasteiger partial charge is 0.161 e. The minimum atomic E-state index is 0.106. The van der Waals surface area contributed by atoms with E-state index >= 15 is 0 Å². The number of nitrogens with one attached hydrogen (secondary N) is 1. The zero-order valence-electron chi connectivity index (χ0n) is 16.7. The van der Waals surface area contributed by atoms with Crippen molar-refractivity contribution < 1.29 is 14.2 Å². The Balaban J connectivity index is 1.86. The summed E-state index contributed by atoms with van der Waals surface area (Å²) >= 11 is 0. The fraction of sp³-hybridized carbons (Fsp3) is 0.333. The summed E-state index contributed by atoms with van der Waals surface area (Å²) in [6.45, 7) is 6.18. The van der Waals surface area contributed by atoms with Gasteiger partial charge >= 0.3 is 0 Å². The third kappa shape index (κ3) is 3.29. The van der Waals surface area contributed by atoms with Gasteiger partial charge < -0.3 is 19.5 Å². The van der Waals surface area contributed by atoms with Crippen LogP contribution in [0.1, 0.15) is 36.6 Å². The van der Waals surface area contributed by atoms with Crippen molar-refractivity contribution in [3.05, 3.63) is 65.2 Å². The minimum Gasteiger partial charge on any atom is -0.496 e. The average Bonchev–Trinajstić information content (AvgIpc) is 2.73. The first-order chi connectivity index (χ1) is 13.8. The molecule has 0 saturated carbocycles. The normalized spacial score (nSPS) is 15.9. The Bertz CT molecular complexity index is 983. The SMILES string of the molecule is CCOc1cc2c(cc1OCC)C(c1ccc(OC)c3ccccc13)NCC2. The van der Waals surface area contributed by atoms with Gasteiger partial charge in [-0.15, -0.1) is 0 Å². The summed E-state index contributed by atoms with van der Waals surface area (Å²) in [5, 5.41) is 6.04. The van der Waals surface area contributed by atoms with E-state index in [0.29, 0.717) is 13.2 Å². The monoisotopic (exact) mass is 377 g/mol. The second kappa shape index (κ2) is 8.11. The molecule has 0 spiro atoms. The van der Waals surface area contributed by atoms with Gasteiger partial charge in [-0.1, -0.05) is 30.3 Å². The zero-order valence-corrected chi connectivity index (χ0v) is 16.7. The Kier molecular flexibility index (Phi) is 5.40. The molecule has 0 radical (unpaired) electrons. The molecule has 28 heavy (non-hydrogen) atoms. The molecule has 3 aromatic carbocycles. The quantitative estimate of drug-likeness (QED) is 0.664. The first-order valence-electron chi connectivity index (χ1n) is 9.98. The van der Waals surface area contributed by atoms with Crippen molar-refractivity contribution in [1.29, 1.82) is 0 Å². The molecule has 0 fully saturated rings. The van der Waals surface area contributed by atoms with Crippen molar-refractivity contribution in [2.24, 2.45) is 0 Å². The number of hydrogen-bond acceptors (Lipinski definition) is 4. The van der Waals surface area contributed by atoms with Crippen LogP contribution in [-0.2, 0) is 6.42 Å². The number of ether oxygens (including phenoxy) is 3. The van der Waals surface area contributed by atoms with Crippen LogP contribution in [0.2, 0.25) is 0 Å². The Hall–Kier alpha value is -2.72. The van der Waals surface area contributed by atoms with E-state index < -0.39 is 0 Å². The van der Waals surface area contributed by atoms with Crippen LogP contribution in [0, 0.1) is 0 Å². The lowest BCUT2D eigenvalue weighted by atomic mass is 9.87. The summed E-state index contributed by atoms with van der Waals surface area (Å²) in [4.78, 5) is 0. The molecule has 0 aromatic heterocycles. The topological polar surface area (TPSA) is 39.7 Å². The van der Waals surface area contributed by atoms with Gasteiger partial charge in [0.1, 0.15) is 5.75 Å². The van der Waals surface area contributed by atoms with E-state index in [1.54, 1.807) is 7.11 Å². The van der Waals surface area contributed by atoms with Gasteiger partial charge in [-0.05, 0) is 60.5 Å². The highest BCUT2D eigenvalue weighted by atomic mass is 16.5. The molecule has 0 saturated heterocycles. The van der Waals surface area contributed by atoms with E-state index in [4.69, 9.17) is 14.2 Å². The maximum Gasteiger partial charge on any atom is 0.161 e. The molecule has 0 bridgehead atoms. The molecule has 0 aliphatic carbocycles. The molecule has 1 heterocycles. The lowest BCUT2D eigenvalue weighted by molar-refractivity contribution is 0.286. The zero-order chi connectivity index (χ0) is 19.5. The van der Waals surface area contributed by atoms with Gasteiger partial charge in [-0.2, -0.15) is 0 Å². The van der Waals surface area contributed by atoms with Crippen LogP contribution >= 0.6 is 0 Å². The van der Waals surface area contributed by atoms with Crippen LogP contribution in [0.25, 0.3) is 10.8 Å².